The van der Waals surface area contributed by atoms with E-state index in [0.29, 0.717) is 39.2 Å². The second-order valence-electron chi connectivity index (χ2n) is 6.89. The van der Waals surface area contributed by atoms with Crippen LogP contribution in [0.25, 0.3) is 11.4 Å². The third-order valence-corrected chi connectivity index (χ3v) is 5.27. The SMILES string of the molecule is Cc1nc(-c2nnn(C)c2CC(=O)OC(C)c2ncccc2Cl)ccc1NS(C)(=O)=O. The number of hydrogen-bond donors (Lipinski definition) is 1. The van der Waals surface area contributed by atoms with Crippen LogP contribution in [-0.4, -0.2) is 45.6 Å². The van der Waals surface area contributed by atoms with Crippen molar-refractivity contribution < 1.29 is 17.9 Å². The molecule has 3 aromatic rings. The lowest BCUT2D eigenvalue weighted by molar-refractivity contribution is -0.148. The number of carbonyl (C=O) groups excluding carboxylic acids is 1. The average Bonchev–Trinajstić information content (AvgIpc) is 3.03. The van der Waals surface area contributed by atoms with Gasteiger partial charge in [0.15, 0.2) is 0 Å². The van der Waals surface area contributed by atoms with E-state index in [1.54, 1.807) is 51.4 Å². The van der Waals surface area contributed by atoms with E-state index < -0.39 is 22.1 Å². The van der Waals surface area contributed by atoms with Crippen LogP contribution >= 0.6 is 11.6 Å². The van der Waals surface area contributed by atoms with Gasteiger partial charge in [-0.05, 0) is 38.1 Å². The van der Waals surface area contributed by atoms with Crippen LogP contribution in [0.5, 0.6) is 0 Å². The first-order chi connectivity index (χ1) is 14.5. The van der Waals surface area contributed by atoms with Gasteiger partial charge >= 0.3 is 5.97 Å². The van der Waals surface area contributed by atoms with Gasteiger partial charge in [-0.15, -0.1) is 5.10 Å². The molecule has 10 nitrogen and oxygen atoms in total. The fraction of sp³-hybridized carbons (Fsp3) is 0.316. The molecule has 0 aromatic carbocycles. The number of rotatable bonds is 7. The lowest BCUT2D eigenvalue weighted by Gasteiger charge is -2.14. The van der Waals surface area contributed by atoms with Crippen LogP contribution in [0.1, 0.15) is 30.1 Å². The second kappa shape index (κ2) is 8.98. The Morgan fingerprint density at radius 3 is 2.71 bits per heavy atom. The Labute approximate surface area is 184 Å². The van der Waals surface area contributed by atoms with Crippen LogP contribution in [0.4, 0.5) is 5.69 Å². The fourth-order valence-corrected chi connectivity index (χ4v) is 3.79. The van der Waals surface area contributed by atoms with E-state index in [-0.39, 0.29) is 6.42 Å². The monoisotopic (exact) mass is 464 g/mol. The molecule has 0 spiro atoms. The van der Waals surface area contributed by atoms with Crippen molar-refractivity contribution in [3.63, 3.8) is 0 Å². The first-order valence-corrected chi connectivity index (χ1v) is 11.5. The molecule has 0 aliphatic rings. The first-order valence-electron chi connectivity index (χ1n) is 9.19. The zero-order valence-electron chi connectivity index (χ0n) is 17.3. The molecule has 164 valence electrons. The smallest absolute Gasteiger partial charge is 0.312 e. The number of nitrogens with one attached hydrogen (secondary N) is 1. The van der Waals surface area contributed by atoms with Crippen molar-refractivity contribution in [1.82, 2.24) is 25.0 Å². The number of ether oxygens (including phenoxy) is 1. The predicted octanol–water partition coefficient (Wildman–Crippen LogP) is 2.45. The van der Waals surface area contributed by atoms with E-state index in [1.165, 1.54) is 4.68 Å². The Kier molecular flexibility index (Phi) is 6.56. The summed E-state index contributed by atoms with van der Waals surface area (Å²) in [5.41, 5.74) is 2.63. The molecule has 3 aromatic heterocycles. The minimum Gasteiger partial charge on any atom is -0.456 e. The zero-order chi connectivity index (χ0) is 22.8. The summed E-state index contributed by atoms with van der Waals surface area (Å²) in [6.07, 6.45) is 1.90. The third-order valence-electron chi connectivity index (χ3n) is 4.36. The average molecular weight is 465 g/mol. The summed E-state index contributed by atoms with van der Waals surface area (Å²) in [5, 5.41) is 8.50. The molecule has 0 aliphatic heterocycles. The summed E-state index contributed by atoms with van der Waals surface area (Å²) < 4.78 is 32.3. The fourth-order valence-electron chi connectivity index (χ4n) is 2.90. The molecule has 0 aliphatic carbocycles. The maximum absolute atomic E-state index is 12.6. The Hall–Kier alpha value is -3.05. The maximum atomic E-state index is 12.6. The Bertz CT molecular complexity index is 1230. The lowest BCUT2D eigenvalue weighted by atomic mass is 10.1. The van der Waals surface area contributed by atoms with Crippen LogP contribution in [0.15, 0.2) is 30.5 Å². The van der Waals surface area contributed by atoms with Crippen LogP contribution in [0.2, 0.25) is 5.02 Å². The molecule has 1 N–H and O–H groups in total. The van der Waals surface area contributed by atoms with Gasteiger partial charge in [0.1, 0.15) is 11.8 Å². The Morgan fingerprint density at radius 2 is 2.06 bits per heavy atom. The van der Waals surface area contributed by atoms with Gasteiger partial charge in [0.05, 0.1) is 46.2 Å². The molecule has 0 amide bonds. The van der Waals surface area contributed by atoms with Crippen molar-refractivity contribution in [2.45, 2.75) is 26.4 Å². The van der Waals surface area contributed by atoms with Gasteiger partial charge < -0.3 is 4.74 Å². The summed E-state index contributed by atoms with van der Waals surface area (Å²) in [6, 6.07) is 6.56. The molecular weight excluding hydrogens is 444 g/mol. The number of carbonyl (C=O) groups is 1. The molecule has 0 bridgehead atoms. The van der Waals surface area contributed by atoms with Crippen LogP contribution in [0.3, 0.4) is 0 Å². The van der Waals surface area contributed by atoms with E-state index in [2.05, 4.69) is 25.0 Å². The molecular formula is C19H21ClN6O4S. The number of aromatic nitrogens is 5. The highest BCUT2D eigenvalue weighted by atomic mass is 35.5. The van der Waals surface area contributed by atoms with E-state index >= 15 is 0 Å². The van der Waals surface area contributed by atoms with Crippen molar-refractivity contribution in [3.05, 3.63) is 52.6 Å². The molecule has 0 fully saturated rings. The molecule has 1 atom stereocenters. The quantitative estimate of drug-likeness (QED) is 0.528. The normalized spacial score (nSPS) is 12.4. The number of halogens is 1. The van der Waals surface area contributed by atoms with Crippen molar-refractivity contribution in [1.29, 1.82) is 0 Å². The van der Waals surface area contributed by atoms with Gasteiger partial charge in [-0.2, -0.15) is 0 Å². The standard InChI is InChI=1S/C19H21ClN6O4S/c1-11-14(24-31(4,28)29)7-8-15(22-11)19-16(26(3)25-23-19)10-17(27)30-12(2)18-13(20)6-5-9-21-18/h5-9,12,24H,10H2,1-4H3. The first kappa shape index (κ1) is 22.6. The molecule has 0 saturated heterocycles. The van der Waals surface area contributed by atoms with Crippen LogP contribution < -0.4 is 4.72 Å². The number of pyridine rings is 2. The van der Waals surface area contributed by atoms with Gasteiger partial charge in [0.25, 0.3) is 0 Å². The number of anilines is 1. The molecule has 3 heterocycles. The zero-order valence-corrected chi connectivity index (χ0v) is 18.9. The van der Waals surface area contributed by atoms with Crippen molar-refractivity contribution in [2.75, 3.05) is 11.0 Å². The van der Waals surface area contributed by atoms with Gasteiger partial charge in [0.2, 0.25) is 10.0 Å². The highest BCUT2D eigenvalue weighted by Gasteiger charge is 2.22. The minimum atomic E-state index is -3.43. The number of esters is 1. The van der Waals surface area contributed by atoms with Gasteiger partial charge in [-0.1, -0.05) is 16.8 Å². The number of hydrogen-bond acceptors (Lipinski definition) is 8. The van der Waals surface area contributed by atoms with E-state index in [1.807, 2.05) is 0 Å². The summed E-state index contributed by atoms with van der Waals surface area (Å²) in [4.78, 5) is 21.1. The predicted molar refractivity (Wildman–Crippen MR) is 115 cm³/mol. The van der Waals surface area contributed by atoms with Gasteiger partial charge in [-0.25, -0.2) is 13.4 Å². The second-order valence-corrected chi connectivity index (χ2v) is 9.05. The largest absolute Gasteiger partial charge is 0.456 e. The molecule has 1 unspecified atom stereocenters. The van der Waals surface area contributed by atoms with Crippen molar-refractivity contribution in [2.24, 2.45) is 7.05 Å². The summed E-state index contributed by atoms with van der Waals surface area (Å²) >= 11 is 6.11. The number of aryl methyl sites for hydroxylation is 2. The maximum Gasteiger partial charge on any atom is 0.312 e. The Morgan fingerprint density at radius 1 is 1.32 bits per heavy atom. The number of sulfonamides is 1. The molecule has 12 heteroatoms. The summed E-state index contributed by atoms with van der Waals surface area (Å²) in [6.45, 7) is 3.35. The minimum absolute atomic E-state index is 0.0995. The van der Waals surface area contributed by atoms with Gasteiger partial charge in [-0.3, -0.25) is 19.2 Å². The van der Waals surface area contributed by atoms with E-state index in [4.69, 9.17) is 16.3 Å². The third kappa shape index (κ3) is 5.56. The summed E-state index contributed by atoms with van der Waals surface area (Å²) in [7, 11) is -1.78. The van der Waals surface area contributed by atoms with Crippen LogP contribution in [-0.2, 0) is 33.0 Å². The highest BCUT2D eigenvalue weighted by Crippen LogP contribution is 2.26. The summed E-state index contributed by atoms with van der Waals surface area (Å²) in [5.74, 6) is -0.507. The molecule has 31 heavy (non-hydrogen) atoms. The molecule has 0 radical (unpaired) electrons. The molecule has 3 rings (SSSR count). The van der Waals surface area contributed by atoms with Crippen LogP contribution in [0, 0.1) is 6.92 Å². The highest BCUT2D eigenvalue weighted by molar-refractivity contribution is 7.92. The van der Waals surface area contributed by atoms with E-state index in [9.17, 15) is 13.2 Å². The Balaban J connectivity index is 1.80. The van der Waals surface area contributed by atoms with Gasteiger partial charge in [0, 0.05) is 13.2 Å². The van der Waals surface area contributed by atoms with E-state index in [0.717, 1.165) is 6.26 Å². The topological polar surface area (TPSA) is 129 Å². The van der Waals surface area contributed by atoms with Crippen molar-refractivity contribution in [3.8, 4) is 11.4 Å². The van der Waals surface area contributed by atoms with Crippen molar-refractivity contribution >= 4 is 33.3 Å². The molecule has 0 saturated carbocycles. The number of nitrogens with zero attached hydrogens (tertiary/aromatic N) is 5. The lowest BCUT2D eigenvalue weighted by Crippen LogP contribution is -2.15.